The number of aliphatic hydroxyl groups is 1. The van der Waals surface area contributed by atoms with E-state index in [0.29, 0.717) is 44.7 Å². The fraction of sp³-hybridized carbons (Fsp3) is 0.400. The summed E-state index contributed by atoms with van der Waals surface area (Å²) < 4.78 is 5.35. The number of para-hydroxylation sites is 1. The van der Waals surface area contributed by atoms with Gasteiger partial charge in [-0.1, -0.05) is 18.2 Å². The SMILES string of the molecule is OCCN(c1ccccc1)c1nc(Cl)nc(N2CCOCC2)n1. The predicted octanol–water partition coefficient (Wildman–Crippen LogP) is 1.49. The van der Waals surface area contributed by atoms with Crippen LogP contribution in [0.2, 0.25) is 5.28 Å². The Bertz CT molecular complexity index is 637. The van der Waals surface area contributed by atoms with E-state index in [4.69, 9.17) is 16.3 Å². The Morgan fingerprint density at radius 1 is 1.13 bits per heavy atom. The smallest absolute Gasteiger partial charge is 0.236 e. The molecule has 3 rings (SSSR count). The lowest BCUT2D eigenvalue weighted by Crippen LogP contribution is -2.37. The molecule has 0 unspecified atom stereocenters. The lowest BCUT2D eigenvalue weighted by atomic mass is 10.3. The Kier molecular flexibility index (Phi) is 5.22. The zero-order valence-electron chi connectivity index (χ0n) is 12.6. The molecule has 1 aliphatic rings. The molecular weight excluding hydrogens is 318 g/mol. The molecule has 2 heterocycles. The quantitative estimate of drug-likeness (QED) is 0.887. The zero-order valence-corrected chi connectivity index (χ0v) is 13.4. The molecule has 8 heteroatoms. The summed E-state index contributed by atoms with van der Waals surface area (Å²) in [5.74, 6) is 0.953. The van der Waals surface area contributed by atoms with Crippen LogP contribution in [0.3, 0.4) is 0 Å². The monoisotopic (exact) mass is 335 g/mol. The van der Waals surface area contributed by atoms with Gasteiger partial charge in [-0.05, 0) is 23.7 Å². The van der Waals surface area contributed by atoms with E-state index in [1.165, 1.54) is 0 Å². The molecule has 1 aromatic heterocycles. The van der Waals surface area contributed by atoms with Gasteiger partial charge in [0, 0.05) is 25.3 Å². The number of aliphatic hydroxyl groups excluding tert-OH is 1. The van der Waals surface area contributed by atoms with E-state index in [1.807, 2.05) is 40.1 Å². The van der Waals surface area contributed by atoms with Crippen molar-refractivity contribution in [3.05, 3.63) is 35.6 Å². The van der Waals surface area contributed by atoms with Crippen molar-refractivity contribution in [3.63, 3.8) is 0 Å². The van der Waals surface area contributed by atoms with E-state index >= 15 is 0 Å². The molecule has 0 radical (unpaired) electrons. The number of halogens is 1. The molecule has 0 aliphatic carbocycles. The molecular formula is C15H18ClN5O2. The molecule has 1 fully saturated rings. The Morgan fingerprint density at radius 2 is 1.87 bits per heavy atom. The van der Waals surface area contributed by atoms with Gasteiger partial charge in [0.05, 0.1) is 19.8 Å². The number of ether oxygens (including phenoxy) is 1. The van der Waals surface area contributed by atoms with Gasteiger partial charge in [-0.3, -0.25) is 0 Å². The Hall–Kier alpha value is -1.96. The van der Waals surface area contributed by atoms with Crippen molar-refractivity contribution in [3.8, 4) is 0 Å². The average molecular weight is 336 g/mol. The maximum absolute atomic E-state index is 9.37. The summed E-state index contributed by atoms with van der Waals surface area (Å²) in [6, 6.07) is 9.64. The number of hydrogen-bond donors (Lipinski definition) is 1. The van der Waals surface area contributed by atoms with Gasteiger partial charge in [0.1, 0.15) is 0 Å². The molecule has 1 saturated heterocycles. The summed E-state index contributed by atoms with van der Waals surface area (Å²) in [6.45, 7) is 3.05. The minimum atomic E-state index is -0.0227. The van der Waals surface area contributed by atoms with Gasteiger partial charge in [0.25, 0.3) is 0 Å². The Morgan fingerprint density at radius 3 is 2.57 bits per heavy atom. The summed E-state index contributed by atoms with van der Waals surface area (Å²) in [4.78, 5) is 16.8. The maximum Gasteiger partial charge on any atom is 0.236 e. The lowest BCUT2D eigenvalue weighted by Gasteiger charge is -2.28. The van der Waals surface area contributed by atoms with Crippen LogP contribution in [-0.2, 0) is 4.74 Å². The molecule has 1 aromatic carbocycles. The first-order valence-corrected chi connectivity index (χ1v) is 7.83. The van der Waals surface area contributed by atoms with Gasteiger partial charge in [-0.15, -0.1) is 0 Å². The number of anilines is 3. The second-order valence-electron chi connectivity index (χ2n) is 5.01. The van der Waals surface area contributed by atoms with E-state index in [-0.39, 0.29) is 11.9 Å². The van der Waals surface area contributed by atoms with Crippen molar-refractivity contribution in [2.75, 3.05) is 49.3 Å². The van der Waals surface area contributed by atoms with Crippen LogP contribution < -0.4 is 9.80 Å². The third kappa shape index (κ3) is 3.87. The number of benzene rings is 1. The lowest BCUT2D eigenvalue weighted by molar-refractivity contribution is 0.122. The van der Waals surface area contributed by atoms with Gasteiger partial charge >= 0.3 is 0 Å². The molecule has 23 heavy (non-hydrogen) atoms. The maximum atomic E-state index is 9.37. The van der Waals surface area contributed by atoms with Crippen molar-refractivity contribution in [2.45, 2.75) is 0 Å². The fourth-order valence-electron chi connectivity index (χ4n) is 2.41. The second kappa shape index (κ2) is 7.54. The first kappa shape index (κ1) is 15.9. The van der Waals surface area contributed by atoms with Crippen molar-refractivity contribution in [1.29, 1.82) is 0 Å². The van der Waals surface area contributed by atoms with E-state index in [1.54, 1.807) is 0 Å². The first-order valence-electron chi connectivity index (χ1n) is 7.45. The predicted molar refractivity (Wildman–Crippen MR) is 88.4 cm³/mol. The third-order valence-corrected chi connectivity index (χ3v) is 3.68. The highest BCUT2D eigenvalue weighted by atomic mass is 35.5. The molecule has 1 aliphatic heterocycles. The van der Waals surface area contributed by atoms with Crippen LogP contribution in [0.4, 0.5) is 17.6 Å². The Balaban J connectivity index is 1.94. The molecule has 1 N–H and O–H groups in total. The molecule has 0 saturated carbocycles. The van der Waals surface area contributed by atoms with Crippen molar-refractivity contribution >= 4 is 29.2 Å². The summed E-state index contributed by atoms with van der Waals surface area (Å²) >= 11 is 6.09. The van der Waals surface area contributed by atoms with Gasteiger partial charge in [-0.25, -0.2) is 0 Å². The standard InChI is InChI=1S/C15H18ClN5O2/c16-13-17-14(20-7-10-23-11-8-20)19-15(18-13)21(6-9-22)12-4-2-1-3-5-12/h1-5,22H,6-11H2. The Labute approximate surface area is 139 Å². The van der Waals surface area contributed by atoms with Gasteiger partial charge < -0.3 is 19.6 Å². The summed E-state index contributed by atoms with van der Waals surface area (Å²) in [5.41, 5.74) is 0.886. The summed E-state index contributed by atoms with van der Waals surface area (Å²) in [7, 11) is 0. The summed E-state index contributed by atoms with van der Waals surface area (Å²) in [6.07, 6.45) is 0. The van der Waals surface area contributed by atoms with E-state index in [2.05, 4.69) is 15.0 Å². The minimum absolute atomic E-state index is 0.0227. The van der Waals surface area contributed by atoms with Gasteiger partial charge in [0.15, 0.2) is 0 Å². The van der Waals surface area contributed by atoms with Crippen LogP contribution in [0.25, 0.3) is 0 Å². The highest BCUT2D eigenvalue weighted by molar-refractivity contribution is 6.28. The largest absolute Gasteiger partial charge is 0.395 e. The molecule has 2 aromatic rings. The first-order chi connectivity index (χ1) is 11.3. The molecule has 0 spiro atoms. The van der Waals surface area contributed by atoms with Gasteiger partial charge in [-0.2, -0.15) is 15.0 Å². The highest BCUT2D eigenvalue weighted by Gasteiger charge is 2.19. The number of rotatable bonds is 5. The topological polar surface area (TPSA) is 74.6 Å². The number of aromatic nitrogens is 3. The minimum Gasteiger partial charge on any atom is -0.395 e. The van der Waals surface area contributed by atoms with Crippen LogP contribution in [0, 0.1) is 0 Å². The number of nitrogens with zero attached hydrogens (tertiary/aromatic N) is 5. The molecule has 0 bridgehead atoms. The highest BCUT2D eigenvalue weighted by Crippen LogP contribution is 2.24. The number of morpholine rings is 1. The normalized spacial score (nSPS) is 14.8. The van der Waals surface area contributed by atoms with Crippen LogP contribution in [-0.4, -0.2) is 59.5 Å². The van der Waals surface area contributed by atoms with Crippen molar-refractivity contribution < 1.29 is 9.84 Å². The third-order valence-electron chi connectivity index (χ3n) is 3.51. The fourth-order valence-corrected chi connectivity index (χ4v) is 2.56. The van der Waals surface area contributed by atoms with Crippen LogP contribution >= 0.6 is 11.6 Å². The molecule has 7 nitrogen and oxygen atoms in total. The van der Waals surface area contributed by atoms with E-state index < -0.39 is 0 Å². The van der Waals surface area contributed by atoms with Crippen LogP contribution in [0.5, 0.6) is 0 Å². The van der Waals surface area contributed by atoms with E-state index in [9.17, 15) is 5.11 Å². The number of hydrogen-bond acceptors (Lipinski definition) is 7. The molecule has 0 amide bonds. The summed E-state index contributed by atoms with van der Waals surface area (Å²) in [5, 5.41) is 9.51. The molecule has 122 valence electrons. The van der Waals surface area contributed by atoms with Crippen molar-refractivity contribution in [1.82, 2.24) is 15.0 Å². The zero-order chi connectivity index (χ0) is 16.1. The molecule has 0 atom stereocenters. The van der Waals surface area contributed by atoms with E-state index in [0.717, 1.165) is 5.69 Å². The van der Waals surface area contributed by atoms with Crippen LogP contribution in [0.15, 0.2) is 30.3 Å². The van der Waals surface area contributed by atoms with Gasteiger partial charge in [0.2, 0.25) is 17.2 Å². The van der Waals surface area contributed by atoms with Crippen molar-refractivity contribution in [2.24, 2.45) is 0 Å². The van der Waals surface area contributed by atoms with Crippen LogP contribution in [0.1, 0.15) is 0 Å². The average Bonchev–Trinajstić information content (AvgIpc) is 2.60. The second-order valence-corrected chi connectivity index (χ2v) is 5.35.